The Kier molecular flexibility index (Phi) is 3.25. The molecular weight excluding hydrogens is 360 g/mol. The SMILES string of the molecule is c1ccc(C2CC2c2nn3c(Cc4ccc5c(c4)OCO5)nnc3s2)cc1. The third-order valence-corrected chi connectivity index (χ3v) is 6.24. The van der Waals surface area contributed by atoms with E-state index < -0.39 is 0 Å². The van der Waals surface area contributed by atoms with Crippen LogP contribution >= 0.6 is 11.3 Å². The summed E-state index contributed by atoms with van der Waals surface area (Å²) in [5.41, 5.74) is 2.51. The van der Waals surface area contributed by atoms with E-state index in [0.29, 0.717) is 18.3 Å². The molecule has 2 aliphatic rings. The molecule has 0 saturated heterocycles. The maximum atomic E-state index is 5.46. The Morgan fingerprint density at radius 3 is 2.81 bits per heavy atom. The van der Waals surface area contributed by atoms with Crippen molar-refractivity contribution in [3.63, 3.8) is 0 Å². The molecular formula is C20H16N4O2S. The van der Waals surface area contributed by atoms with Gasteiger partial charge in [-0.25, -0.2) is 0 Å². The van der Waals surface area contributed by atoms with Crippen molar-refractivity contribution >= 4 is 16.3 Å². The lowest BCUT2D eigenvalue weighted by Gasteiger charge is -2.01. The second kappa shape index (κ2) is 5.79. The van der Waals surface area contributed by atoms with E-state index >= 15 is 0 Å². The van der Waals surface area contributed by atoms with Gasteiger partial charge in [-0.1, -0.05) is 47.7 Å². The molecule has 1 fully saturated rings. The normalized spacial score (nSPS) is 20.3. The zero-order chi connectivity index (χ0) is 17.8. The monoisotopic (exact) mass is 376 g/mol. The van der Waals surface area contributed by atoms with Crippen LogP contribution in [0.25, 0.3) is 4.96 Å². The van der Waals surface area contributed by atoms with E-state index in [1.165, 1.54) is 5.56 Å². The quantitative estimate of drug-likeness (QED) is 0.542. The average molecular weight is 376 g/mol. The van der Waals surface area contributed by atoms with E-state index in [1.54, 1.807) is 11.3 Å². The molecule has 2 unspecified atom stereocenters. The molecule has 27 heavy (non-hydrogen) atoms. The minimum atomic E-state index is 0.285. The molecule has 0 radical (unpaired) electrons. The van der Waals surface area contributed by atoms with Crippen LogP contribution in [-0.2, 0) is 6.42 Å². The standard InChI is InChI=1S/C20H16N4O2S/c1-2-4-13(5-3-1)14-10-15(14)19-23-24-18(21-22-20(24)27-19)9-12-6-7-16-17(8-12)26-11-25-16/h1-8,14-15H,9-11H2. The van der Waals surface area contributed by atoms with Crippen molar-refractivity contribution in [2.24, 2.45) is 0 Å². The summed E-state index contributed by atoms with van der Waals surface area (Å²) in [6, 6.07) is 16.7. The van der Waals surface area contributed by atoms with Crippen LogP contribution in [0.5, 0.6) is 11.5 Å². The maximum Gasteiger partial charge on any atom is 0.234 e. The number of fused-ring (bicyclic) bond motifs is 2. The lowest BCUT2D eigenvalue weighted by atomic mass is 10.1. The Morgan fingerprint density at radius 1 is 1.00 bits per heavy atom. The molecule has 4 aromatic rings. The summed E-state index contributed by atoms with van der Waals surface area (Å²) in [5, 5.41) is 14.6. The maximum absolute atomic E-state index is 5.46. The van der Waals surface area contributed by atoms with Gasteiger partial charge in [-0.3, -0.25) is 0 Å². The van der Waals surface area contributed by atoms with E-state index in [1.807, 2.05) is 22.7 Å². The molecule has 1 aliphatic carbocycles. The Balaban J connectivity index is 1.27. The first-order chi connectivity index (χ1) is 13.3. The summed E-state index contributed by atoms with van der Waals surface area (Å²) in [4.78, 5) is 0.861. The number of hydrogen-bond acceptors (Lipinski definition) is 6. The second-order valence-corrected chi connectivity index (χ2v) is 7.96. The van der Waals surface area contributed by atoms with Gasteiger partial charge in [0.2, 0.25) is 11.8 Å². The summed E-state index contributed by atoms with van der Waals surface area (Å²) in [6.07, 6.45) is 1.82. The molecule has 6 nitrogen and oxygen atoms in total. The van der Waals surface area contributed by atoms with Gasteiger partial charge in [-0.2, -0.15) is 9.61 Å². The highest BCUT2D eigenvalue weighted by Crippen LogP contribution is 2.55. The Bertz CT molecular complexity index is 1140. The summed E-state index contributed by atoms with van der Waals surface area (Å²) in [7, 11) is 0. The van der Waals surface area contributed by atoms with Crippen molar-refractivity contribution in [2.75, 3.05) is 6.79 Å². The van der Waals surface area contributed by atoms with E-state index in [9.17, 15) is 0 Å². The largest absolute Gasteiger partial charge is 0.454 e. The third-order valence-electron chi connectivity index (χ3n) is 5.21. The highest BCUT2D eigenvalue weighted by Gasteiger charge is 2.42. The van der Waals surface area contributed by atoms with Gasteiger partial charge in [-0.05, 0) is 35.6 Å². The molecule has 2 atom stereocenters. The second-order valence-electron chi connectivity index (χ2n) is 6.97. The number of hydrogen-bond donors (Lipinski definition) is 0. The average Bonchev–Trinajstić information content (AvgIpc) is 3.02. The fraction of sp³-hybridized carbons (Fsp3) is 0.250. The molecule has 0 N–H and O–H groups in total. The van der Waals surface area contributed by atoms with Gasteiger partial charge < -0.3 is 9.47 Å². The molecule has 2 aromatic carbocycles. The summed E-state index contributed by atoms with van der Waals surface area (Å²) < 4.78 is 12.7. The first kappa shape index (κ1) is 15.2. The third kappa shape index (κ3) is 2.57. The lowest BCUT2D eigenvalue weighted by molar-refractivity contribution is 0.174. The molecule has 134 valence electrons. The minimum Gasteiger partial charge on any atom is -0.454 e. The minimum absolute atomic E-state index is 0.285. The Morgan fingerprint density at radius 2 is 1.89 bits per heavy atom. The van der Waals surface area contributed by atoms with E-state index in [2.05, 4.69) is 40.5 Å². The van der Waals surface area contributed by atoms with Gasteiger partial charge in [0.15, 0.2) is 17.3 Å². The van der Waals surface area contributed by atoms with Crippen molar-refractivity contribution in [3.8, 4) is 11.5 Å². The number of benzene rings is 2. The van der Waals surface area contributed by atoms with Gasteiger partial charge in [-0.15, -0.1) is 10.2 Å². The topological polar surface area (TPSA) is 61.5 Å². The van der Waals surface area contributed by atoms with Gasteiger partial charge in [0, 0.05) is 12.3 Å². The van der Waals surface area contributed by atoms with Crippen LogP contribution in [0.3, 0.4) is 0 Å². The van der Waals surface area contributed by atoms with E-state index in [-0.39, 0.29) is 6.79 Å². The molecule has 3 heterocycles. The van der Waals surface area contributed by atoms with Crippen LogP contribution in [0.4, 0.5) is 0 Å². The predicted octanol–water partition coefficient (Wildman–Crippen LogP) is 3.78. The summed E-state index contributed by atoms with van der Waals surface area (Å²) >= 11 is 1.65. The van der Waals surface area contributed by atoms with Crippen LogP contribution in [0.1, 0.15) is 40.2 Å². The first-order valence-corrected chi connectivity index (χ1v) is 9.81. The molecule has 0 spiro atoms. The smallest absolute Gasteiger partial charge is 0.234 e. The van der Waals surface area contributed by atoms with E-state index in [4.69, 9.17) is 14.6 Å². The number of nitrogens with zero attached hydrogens (tertiary/aromatic N) is 4. The molecule has 0 bridgehead atoms. The number of rotatable bonds is 4. The van der Waals surface area contributed by atoms with Crippen LogP contribution < -0.4 is 9.47 Å². The van der Waals surface area contributed by atoms with Crippen molar-refractivity contribution in [3.05, 3.63) is 70.5 Å². The van der Waals surface area contributed by atoms with Gasteiger partial charge in [0.05, 0.1) is 0 Å². The van der Waals surface area contributed by atoms with Crippen LogP contribution in [0, 0.1) is 0 Å². The predicted molar refractivity (Wildman–Crippen MR) is 101 cm³/mol. The van der Waals surface area contributed by atoms with Crippen LogP contribution in [0.15, 0.2) is 48.5 Å². The van der Waals surface area contributed by atoms with Crippen molar-refractivity contribution in [1.29, 1.82) is 0 Å². The molecule has 6 rings (SSSR count). The van der Waals surface area contributed by atoms with E-state index in [0.717, 1.165) is 39.3 Å². The Hall–Kier alpha value is -2.93. The molecule has 0 amide bonds. The van der Waals surface area contributed by atoms with Gasteiger partial charge in [0.1, 0.15) is 5.01 Å². The highest BCUT2D eigenvalue weighted by molar-refractivity contribution is 7.16. The fourth-order valence-corrected chi connectivity index (χ4v) is 4.74. The lowest BCUT2D eigenvalue weighted by Crippen LogP contribution is -1.98. The number of aromatic nitrogens is 4. The van der Waals surface area contributed by atoms with Crippen LogP contribution in [0.2, 0.25) is 0 Å². The van der Waals surface area contributed by atoms with Crippen LogP contribution in [-0.4, -0.2) is 26.6 Å². The van der Waals surface area contributed by atoms with Crippen molar-refractivity contribution in [1.82, 2.24) is 19.8 Å². The van der Waals surface area contributed by atoms with Crippen molar-refractivity contribution in [2.45, 2.75) is 24.7 Å². The zero-order valence-corrected chi connectivity index (χ0v) is 15.2. The first-order valence-electron chi connectivity index (χ1n) is 8.99. The zero-order valence-electron chi connectivity index (χ0n) is 14.4. The summed E-state index contributed by atoms with van der Waals surface area (Å²) in [6.45, 7) is 0.285. The summed E-state index contributed by atoms with van der Waals surface area (Å²) in [5.74, 6) is 3.51. The van der Waals surface area contributed by atoms with Gasteiger partial charge in [0.25, 0.3) is 0 Å². The molecule has 7 heteroatoms. The molecule has 1 aliphatic heterocycles. The fourth-order valence-electron chi connectivity index (χ4n) is 3.70. The van der Waals surface area contributed by atoms with Gasteiger partial charge >= 0.3 is 0 Å². The number of ether oxygens (including phenoxy) is 2. The van der Waals surface area contributed by atoms with Crippen molar-refractivity contribution < 1.29 is 9.47 Å². The molecule has 1 saturated carbocycles. The highest BCUT2D eigenvalue weighted by atomic mass is 32.1. The Labute approximate surface area is 159 Å². The molecule has 2 aromatic heterocycles.